The Hall–Kier alpha value is -1.90. The van der Waals surface area contributed by atoms with Crippen molar-refractivity contribution in [2.75, 3.05) is 36.8 Å². The third-order valence-corrected chi connectivity index (χ3v) is 5.81. The van der Waals surface area contributed by atoms with Crippen LogP contribution in [-0.4, -0.2) is 75.1 Å². The second-order valence-electron chi connectivity index (χ2n) is 6.76. The van der Waals surface area contributed by atoms with Crippen LogP contribution >= 0.6 is 11.8 Å². The normalized spacial score (nSPS) is 23.2. The molecule has 0 spiro atoms. The van der Waals surface area contributed by atoms with Gasteiger partial charge in [0, 0.05) is 26.2 Å². The number of para-hydroxylation sites is 2. The van der Waals surface area contributed by atoms with E-state index in [9.17, 15) is 15.0 Å². The summed E-state index contributed by atoms with van der Waals surface area (Å²) >= 11 is 1.38. The van der Waals surface area contributed by atoms with E-state index in [4.69, 9.17) is 9.97 Å². The van der Waals surface area contributed by atoms with Crippen LogP contribution in [-0.2, 0) is 4.79 Å². The molecular weight excluding hydrogens is 352 g/mol. The Bertz CT molecular complexity index is 802. The average Bonchev–Trinajstić information content (AvgIpc) is 3.29. The third-order valence-electron chi connectivity index (χ3n) is 4.87. The Morgan fingerprint density at radius 2 is 1.69 bits per heavy atom. The van der Waals surface area contributed by atoms with Gasteiger partial charge in [0.1, 0.15) is 5.03 Å². The molecule has 3 heterocycles. The minimum atomic E-state index is -0.857. The number of hydrogen-bond donors (Lipinski definition) is 2. The molecule has 26 heavy (non-hydrogen) atoms. The number of nitrogens with zero attached hydrogens (tertiary/aromatic N) is 4. The standard InChI is InChI=1S/C18H22N4O3S/c23-14-9-22(10-15(14)24)16(25)11-26-18-17(21-7-3-4-8-21)19-12-5-1-2-6-13(12)20-18/h1-2,5-6,14-15,23-24H,3-4,7-11H2/t14-,15-/m0/s1. The number of aliphatic hydroxyl groups is 2. The van der Waals surface area contributed by atoms with Gasteiger partial charge in [-0.25, -0.2) is 9.97 Å². The number of fused-ring (bicyclic) bond motifs is 1. The Balaban J connectivity index is 1.54. The molecular formula is C18H22N4O3S. The summed E-state index contributed by atoms with van der Waals surface area (Å²) in [5.74, 6) is 0.959. The smallest absolute Gasteiger partial charge is 0.233 e. The first-order chi connectivity index (χ1) is 12.6. The number of carbonyl (C=O) groups excluding carboxylic acids is 1. The molecule has 1 aromatic heterocycles. The largest absolute Gasteiger partial charge is 0.388 e. The number of benzene rings is 1. The van der Waals surface area contributed by atoms with Crippen molar-refractivity contribution in [2.24, 2.45) is 0 Å². The van der Waals surface area contributed by atoms with Crippen molar-refractivity contribution in [1.29, 1.82) is 0 Å². The van der Waals surface area contributed by atoms with Gasteiger partial charge in [-0.15, -0.1) is 0 Å². The molecule has 0 aliphatic carbocycles. The number of thioether (sulfide) groups is 1. The highest BCUT2D eigenvalue weighted by atomic mass is 32.2. The molecule has 4 rings (SSSR count). The summed E-state index contributed by atoms with van der Waals surface area (Å²) < 4.78 is 0. The lowest BCUT2D eigenvalue weighted by Crippen LogP contribution is -2.31. The predicted molar refractivity (Wildman–Crippen MR) is 100 cm³/mol. The van der Waals surface area contributed by atoms with E-state index in [2.05, 4.69) is 4.90 Å². The lowest BCUT2D eigenvalue weighted by Gasteiger charge is -2.20. The topological polar surface area (TPSA) is 89.8 Å². The van der Waals surface area contributed by atoms with Gasteiger partial charge in [0.2, 0.25) is 5.91 Å². The highest BCUT2D eigenvalue weighted by Gasteiger charge is 2.32. The van der Waals surface area contributed by atoms with E-state index >= 15 is 0 Å². The van der Waals surface area contributed by atoms with E-state index in [0.717, 1.165) is 47.8 Å². The zero-order chi connectivity index (χ0) is 18.1. The lowest BCUT2D eigenvalue weighted by molar-refractivity contribution is -0.127. The summed E-state index contributed by atoms with van der Waals surface area (Å²) in [5.41, 5.74) is 1.67. The van der Waals surface area contributed by atoms with Crippen LogP contribution in [0.5, 0.6) is 0 Å². The summed E-state index contributed by atoms with van der Waals surface area (Å²) in [6.45, 7) is 2.28. The number of aromatic nitrogens is 2. The summed E-state index contributed by atoms with van der Waals surface area (Å²) in [6, 6.07) is 7.76. The van der Waals surface area contributed by atoms with Crippen LogP contribution in [0.25, 0.3) is 11.0 Å². The number of hydrogen-bond acceptors (Lipinski definition) is 7. The van der Waals surface area contributed by atoms with Crippen molar-refractivity contribution in [2.45, 2.75) is 30.1 Å². The molecule has 2 aromatic rings. The van der Waals surface area contributed by atoms with Gasteiger partial charge in [-0.1, -0.05) is 23.9 Å². The Morgan fingerprint density at radius 1 is 1.08 bits per heavy atom. The van der Waals surface area contributed by atoms with Crippen LogP contribution in [0, 0.1) is 0 Å². The highest BCUT2D eigenvalue weighted by molar-refractivity contribution is 8.00. The molecule has 0 saturated carbocycles. The van der Waals surface area contributed by atoms with Crippen molar-refractivity contribution >= 4 is 34.5 Å². The molecule has 0 unspecified atom stereocenters. The Kier molecular flexibility index (Phi) is 4.97. The third kappa shape index (κ3) is 3.49. The summed E-state index contributed by atoms with van der Waals surface area (Å²) in [4.78, 5) is 25.7. The first-order valence-corrected chi connectivity index (χ1v) is 9.89. The van der Waals surface area contributed by atoms with Crippen molar-refractivity contribution in [3.05, 3.63) is 24.3 Å². The lowest BCUT2D eigenvalue weighted by atomic mass is 10.3. The monoisotopic (exact) mass is 374 g/mol. The van der Waals surface area contributed by atoms with Gasteiger partial charge in [0.05, 0.1) is 29.0 Å². The molecule has 8 heteroatoms. The van der Waals surface area contributed by atoms with E-state index in [1.807, 2.05) is 24.3 Å². The number of likely N-dealkylation sites (tertiary alicyclic amines) is 1. The number of anilines is 1. The maximum absolute atomic E-state index is 12.4. The molecule has 7 nitrogen and oxygen atoms in total. The van der Waals surface area contributed by atoms with E-state index in [-0.39, 0.29) is 24.7 Å². The van der Waals surface area contributed by atoms with Crippen molar-refractivity contribution < 1.29 is 15.0 Å². The van der Waals surface area contributed by atoms with E-state index in [0.29, 0.717) is 0 Å². The van der Waals surface area contributed by atoms with E-state index in [1.54, 1.807) is 0 Å². The van der Waals surface area contributed by atoms with Crippen molar-refractivity contribution in [3.8, 4) is 0 Å². The van der Waals surface area contributed by atoms with Crippen LogP contribution < -0.4 is 4.90 Å². The van der Waals surface area contributed by atoms with Gasteiger partial charge in [0.15, 0.2) is 5.82 Å². The van der Waals surface area contributed by atoms with E-state index < -0.39 is 12.2 Å². The van der Waals surface area contributed by atoms with Gasteiger partial charge >= 0.3 is 0 Å². The van der Waals surface area contributed by atoms with E-state index in [1.165, 1.54) is 16.7 Å². The summed E-state index contributed by atoms with van der Waals surface area (Å²) in [6.07, 6.45) is 0.566. The molecule has 2 saturated heterocycles. The van der Waals surface area contributed by atoms with Gasteiger partial charge < -0.3 is 20.0 Å². The van der Waals surface area contributed by atoms with Crippen LogP contribution in [0.1, 0.15) is 12.8 Å². The molecule has 0 bridgehead atoms. The van der Waals surface area contributed by atoms with Gasteiger partial charge in [0.25, 0.3) is 0 Å². The second-order valence-corrected chi connectivity index (χ2v) is 7.72. The number of carbonyl (C=O) groups is 1. The first-order valence-electron chi connectivity index (χ1n) is 8.90. The second kappa shape index (κ2) is 7.38. The van der Waals surface area contributed by atoms with Gasteiger partial charge in [-0.05, 0) is 25.0 Å². The van der Waals surface area contributed by atoms with Crippen LogP contribution in [0.3, 0.4) is 0 Å². The maximum Gasteiger partial charge on any atom is 0.233 e. The zero-order valence-corrected chi connectivity index (χ0v) is 15.2. The van der Waals surface area contributed by atoms with Crippen molar-refractivity contribution in [1.82, 2.24) is 14.9 Å². The fourth-order valence-electron chi connectivity index (χ4n) is 3.40. The number of rotatable bonds is 4. The maximum atomic E-state index is 12.4. The number of amides is 1. The van der Waals surface area contributed by atoms with Gasteiger partial charge in [-0.3, -0.25) is 4.79 Å². The zero-order valence-electron chi connectivity index (χ0n) is 14.4. The number of aliphatic hydroxyl groups excluding tert-OH is 2. The quantitative estimate of drug-likeness (QED) is 0.768. The van der Waals surface area contributed by atoms with Crippen LogP contribution in [0.4, 0.5) is 5.82 Å². The molecule has 0 radical (unpaired) electrons. The summed E-state index contributed by atoms with van der Waals surface area (Å²) in [5, 5.41) is 20.0. The SMILES string of the molecule is O=C(CSc1nc2ccccc2nc1N1CCCC1)N1C[C@H](O)[C@@H](O)C1. The molecule has 2 fully saturated rings. The molecule has 2 N–H and O–H groups in total. The highest BCUT2D eigenvalue weighted by Crippen LogP contribution is 2.31. The Morgan fingerprint density at radius 3 is 2.35 bits per heavy atom. The minimum Gasteiger partial charge on any atom is -0.388 e. The molecule has 2 aliphatic rings. The predicted octanol–water partition coefficient (Wildman–Crippen LogP) is 0.886. The average molecular weight is 374 g/mol. The molecule has 1 aromatic carbocycles. The molecule has 2 atom stereocenters. The molecule has 1 amide bonds. The fourth-order valence-corrected chi connectivity index (χ4v) is 4.31. The number of β-amino-alcohol motifs (C(OH)–C–C–N with tert-alkyl or cyclic N) is 2. The van der Waals surface area contributed by atoms with Crippen molar-refractivity contribution in [3.63, 3.8) is 0 Å². The Labute approximate surface area is 156 Å². The van der Waals surface area contributed by atoms with Crippen LogP contribution in [0.2, 0.25) is 0 Å². The molecule has 2 aliphatic heterocycles. The summed E-state index contributed by atoms with van der Waals surface area (Å²) in [7, 11) is 0. The molecule has 138 valence electrons. The fraction of sp³-hybridized carbons (Fsp3) is 0.500. The first kappa shape index (κ1) is 17.5. The van der Waals surface area contributed by atoms with Crippen LogP contribution in [0.15, 0.2) is 29.3 Å². The minimum absolute atomic E-state index is 0.104. The van der Waals surface area contributed by atoms with Gasteiger partial charge in [-0.2, -0.15) is 0 Å².